The van der Waals surface area contributed by atoms with Crippen molar-refractivity contribution >= 4 is 22.9 Å². The fourth-order valence-electron chi connectivity index (χ4n) is 0.216. The van der Waals surface area contributed by atoms with E-state index in [1.165, 1.54) is 0 Å². The summed E-state index contributed by atoms with van der Waals surface area (Å²) in [4.78, 5) is 19.9. The van der Waals surface area contributed by atoms with E-state index in [2.05, 4.69) is 11.1 Å². The predicted molar refractivity (Wildman–Crippen MR) is 23.4 cm³/mol. The Morgan fingerprint density at radius 2 is 2.29 bits per heavy atom. The molecule has 1 rings (SSSR count). The van der Waals surface area contributed by atoms with Crippen molar-refractivity contribution in [3.05, 3.63) is 5.75 Å². The number of rotatable bonds is 0. The Morgan fingerprint density at radius 3 is 2.43 bits per heavy atom. The third kappa shape index (κ3) is 0.928. The van der Waals surface area contributed by atoms with Crippen LogP contribution >= 0.6 is 11.8 Å². The summed E-state index contributed by atoms with van der Waals surface area (Å²) in [7, 11) is 0. The zero-order chi connectivity index (χ0) is 5.28. The van der Waals surface area contributed by atoms with E-state index >= 15 is 0 Å². The lowest BCUT2D eigenvalue weighted by Crippen LogP contribution is -2.07. The number of carbonyl (C=O) groups is 2. The molecule has 3 nitrogen and oxygen atoms in total. The summed E-state index contributed by atoms with van der Waals surface area (Å²) < 4.78 is 0. The molecule has 0 atom stereocenters. The first-order valence-corrected chi connectivity index (χ1v) is 2.33. The Labute approximate surface area is 44.5 Å². The van der Waals surface area contributed by atoms with Crippen LogP contribution in [0.25, 0.3) is 0 Å². The minimum atomic E-state index is -0.560. The molecule has 1 saturated heterocycles. The van der Waals surface area contributed by atoms with Crippen molar-refractivity contribution in [3.63, 3.8) is 0 Å². The third-order valence-corrected chi connectivity index (χ3v) is 0.961. The molecular formula is C3NO2S. The molecule has 2 amide bonds. The molecule has 0 saturated carbocycles. The zero-order valence-corrected chi connectivity index (χ0v) is 3.99. The Bertz CT molecular complexity index is 108. The van der Waals surface area contributed by atoms with Crippen LogP contribution in [0.2, 0.25) is 0 Å². The molecular weight excluding hydrogens is 114 g/mol. The average Bonchev–Trinajstić information content (AvgIpc) is 1.87. The highest BCUT2D eigenvalue weighted by molar-refractivity contribution is 8.16. The van der Waals surface area contributed by atoms with Gasteiger partial charge in [-0.1, -0.05) is 0 Å². The van der Waals surface area contributed by atoms with Crippen molar-refractivity contribution in [2.45, 2.75) is 0 Å². The summed E-state index contributed by atoms with van der Waals surface area (Å²) in [6.45, 7) is 0. The Morgan fingerprint density at radius 1 is 1.57 bits per heavy atom. The van der Waals surface area contributed by atoms with Gasteiger partial charge in [0, 0.05) is 0 Å². The van der Waals surface area contributed by atoms with Gasteiger partial charge in [-0.2, -0.15) is 5.32 Å². The van der Waals surface area contributed by atoms with E-state index in [4.69, 9.17) is 0 Å². The maximum Gasteiger partial charge on any atom is 0.309 e. The number of thioether (sulfide) groups is 1. The second kappa shape index (κ2) is 1.54. The SMILES string of the molecule is O=C1[C]SC(=O)[N]1. The van der Waals surface area contributed by atoms with Crippen LogP contribution < -0.4 is 5.32 Å². The van der Waals surface area contributed by atoms with Crippen LogP contribution in [0.5, 0.6) is 0 Å². The number of amides is 2. The molecule has 3 radical (unpaired) electrons. The van der Waals surface area contributed by atoms with Crippen LogP contribution in [0.15, 0.2) is 0 Å². The molecule has 0 unspecified atom stereocenters. The van der Waals surface area contributed by atoms with Crippen LogP contribution in [0, 0.1) is 5.75 Å². The van der Waals surface area contributed by atoms with Crippen molar-refractivity contribution in [2.24, 2.45) is 0 Å². The molecule has 1 heterocycles. The van der Waals surface area contributed by atoms with Crippen molar-refractivity contribution in [2.75, 3.05) is 0 Å². The fourth-order valence-corrected chi connectivity index (χ4v) is 0.565. The lowest BCUT2D eigenvalue weighted by Gasteiger charge is -1.71. The molecule has 1 fully saturated rings. The summed E-state index contributed by atoms with van der Waals surface area (Å²) in [5, 5.41) is 2.50. The first-order chi connectivity index (χ1) is 3.29. The smallest absolute Gasteiger partial charge is 0.271 e. The number of nitrogens with zero attached hydrogens (tertiary/aromatic N) is 1. The van der Waals surface area contributed by atoms with E-state index in [-0.39, 0.29) is 0 Å². The molecule has 7 heavy (non-hydrogen) atoms. The minimum Gasteiger partial charge on any atom is -0.271 e. The topological polar surface area (TPSA) is 48.2 Å². The first-order valence-electron chi connectivity index (χ1n) is 1.51. The van der Waals surface area contributed by atoms with Gasteiger partial charge in [-0.05, 0) is 11.8 Å². The van der Waals surface area contributed by atoms with Crippen molar-refractivity contribution in [1.82, 2.24) is 5.32 Å². The number of imide groups is 1. The molecule has 4 heteroatoms. The maximum atomic E-state index is 9.97. The number of carbonyl (C=O) groups excluding carboxylic acids is 2. The molecule has 0 aromatic carbocycles. The summed E-state index contributed by atoms with van der Waals surface area (Å²) >= 11 is 0.700. The normalized spacial score (nSPS) is 20.0. The van der Waals surface area contributed by atoms with E-state index in [1.54, 1.807) is 0 Å². The van der Waals surface area contributed by atoms with Gasteiger partial charge in [0.1, 0.15) is 0 Å². The molecule has 35 valence electrons. The van der Waals surface area contributed by atoms with Gasteiger partial charge in [0.25, 0.3) is 5.91 Å². The van der Waals surface area contributed by atoms with Crippen LogP contribution in [0.3, 0.4) is 0 Å². The lowest BCUT2D eigenvalue weighted by atomic mass is 10.7. The molecule has 1 aliphatic heterocycles. The highest BCUT2D eigenvalue weighted by atomic mass is 32.2. The fraction of sp³-hybridized carbons (Fsp3) is 0. The van der Waals surface area contributed by atoms with Crippen LogP contribution in [0.1, 0.15) is 0 Å². The van der Waals surface area contributed by atoms with Gasteiger partial charge in [0.15, 0.2) is 5.75 Å². The van der Waals surface area contributed by atoms with Gasteiger partial charge < -0.3 is 0 Å². The quantitative estimate of drug-likeness (QED) is 0.446. The maximum absolute atomic E-state index is 9.97. The van der Waals surface area contributed by atoms with E-state index in [9.17, 15) is 9.59 Å². The van der Waals surface area contributed by atoms with Crippen molar-refractivity contribution < 1.29 is 9.59 Å². The Balaban J connectivity index is 2.55. The molecule has 0 N–H and O–H groups in total. The van der Waals surface area contributed by atoms with Crippen molar-refractivity contribution in [1.29, 1.82) is 0 Å². The lowest BCUT2D eigenvalue weighted by molar-refractivity contribution is -0.115. The summed E-state index contributed by atoms with van der Waals surface area (Å²) in [6, 6.07) is 0. The summed E-state index contributed by atoms with van der Waals surface area (Å²) in [5.74, 6) is 1.57. The van der Waals surface area contributed by atoms with Crippen LogP contribution in [-0.4, -0.2) is 11.1 Å². The third-order valence-electron chi connectivity index (χ3n) is 0.418. The summed E-state index contributed by atoms with van der Waals surface area (Å²) in [6.07, 6.45) is 0. The number of hydrogen-bond donors (Lipinski definition) is 0. The molecule has 0 aliphatic carbocycles. The first kappa shape index (κ1) is 4.64. The second-order valence-electron chi connectivity index (χ2n) is 0.887. The van der Waals surface area contributed by atoms with Crippen LogP contribution in [0.4, 0.5) is 4.79 Å². The van der Waals surface area contributed by atoms with E-state index in [1.807, 2.05) is 0 Å². The largest absolute Gasteiger partial charge is 0.309 e. The number of hydrogen-bond acceptors (Lipinski definition) is 3. The second-order valence-corrected chi connectivity index (χ2v) is 1.64. The van der Waals surface area contributed by atoms with E-state index in [0.29, 0.717) is 11.8 Å². The van der Waals surface area contributed by atoms with Gasteiger partial charge in [0.05, 0.1) is 0 Å². The van der Waals surface area contributed by atoms with Gasteiger partial charge in [0.2, 0.25) is 0 Å². The molecule has 0 aromatic rings. The average molecular weight is 114 g/mol. The van der Waals surface area contributed by atoms with Crippen LogP contribution in [-0.2, 0) is 4.79 Å². The highest BCUT2D eigenvalue weighted by Crippen LogP contribution is 2.13. The minimum absolute atomic E-state index is 0.468. The van der Waals surface area contributed by atoms with E-state index in [0.717, 1.165) is 0 Å². The standard InChI is InChI=1S/C3NO2S/c5-2-1-7-3(6)4-2. The zero-order valence-electron chi connectivity index (χ0n) is 3.17. The predicted octanol–water partition coefficient (Wildman–Crippen LogP) is 0.0230. The van der Waals surface area contributed by atoms with E-state index < -0.39 is 11.1 Å². The molecule has 0 aromatic heterocycles. The van der Waals surface area contributed by atoms with Gasteiger partial charge >= 0.3 is 5.24 Å². The molecule has 1 aliphatic rings. The Kier molecular flexibility index (Phi) is 1.02. The van der Waals surface area contributed by atoms with Gasteiger partial charge in [-0.15, -0.1) is 0 Å². The molecule has 0 bridgehead atoms. The highest BCUT2D eigenvalue weighted by Gasteiger charge is 2.21. The van der Waals surface area contributed by atoms with Gasteiger partial charge in [-0.3, -0.25) is 9.59 Å². The Hall–Kier alpha value is -0.510. The monoisotopic (exact) mass is 114 g/mol. The summed E-state index contributed by atoms with van der Waals surface area (Å²) in [5.41, 5.74) is 0. The van der Waals surface area contributed by atoms with Crippen molar-refractivity contribution in [3.8, 4) is 0 Å². The molecule has 0 spiro atoms. The van der Waals surface area contributed by atoms with Gasteiger partial charge in [-0.25, -0.2) is 0 Å².